The molecule has 0 N–H and O–H groups in total. The van der Waals surface area contributed by atoms with Crippen LogP contribution in [-0.4, -0.2) is 41.5 Å². The summed E-state index contributed by atoms with van der Waals surface area (Å²) in [5, 5.41) is 3.15. The van der Waals surface area contributed by atoms with Crippen LogP contribution in [-0.2, 0) is 21.3 Å². The van der Waals surface area contributed by atoms with Crippen molar-refractivity contribution in [2.75, 3.05) is 13.2 Å². The summed E-state index contributed by atoms with van der Waals surface area (Å²) >= 11 is 11.8. The van der Waals surface area contributed by atoms with E-state index in [9.17, 15) is 22.8 Å². The minimum atomic E-state index is -3.18. The highest BCUT2D eigenvalue weighted by atomic mass is 35.5. The van der Waals surface area contributed by atoms with Crippen molar-refractivity contribution < 1.29 is 37.0 Å². The van der Waals surface area contributed by atoms with Crippen molar-refractivity contribution >= 4 is 35.1 Å². The van der Waals surface area contributed by atoms with E-state index in [1.807, 2.05) is 0 Å². The number of benzene rings is 1. The van der Waals surface area contributed by atoms with E-state index >= 15 is 0 Å². The monoisotopic (exact) mass is 440 g/mol. The Balaban J connectivity index is 2.39. The molecule has 0 amide bonds. The molecular weight excluding hydrogens is 428 g/mol. The Morgan fingerprint density at radius 3 is 2.54 bits per heavy atom. The zero-order chi connectivity index (χ0) is 21.0. The molecule has 2 rings (SSSR count). The molecule has 0 aliphatic rings. The first-order valence-electron chi connectivity index (χ1n) is 7.65. The molecule has 1 aromatic heterocycles. The fraction of sp³-hybridized carbons (Fsp3) is 0.312. The number of hydrogen-bond acceptors (Lipinski definition) is 6. The van der Waals surface area contributed by atoms with Gasteiger partial charge in [-0.25, -0.2) is 18.7 Å². The third-order valence-corrected chi connectivity index (χ3v) is 3.95. The van der Waals surface area contributed by atoms with E-state index in [1.54, 1.807) is 6.92 Å². The maximum atomic E-state index is 14.4. The predicted molar refractivity (Wildman–Crippen MR) is 92.2 cm³/mol. The van der Waals surface area contributed by atoms with Crippen LogP contribution in [0.2, 0.25) is 10.0 Å². The molecule has 2 aromatic rings. The van der Waals surface area contributed by atoms with Crippen LogP contribution >= 0.6 is 23.2 Å². The van der Waals surface area contributed by atoms with E-state index in [4.69, 9.17) is 27.9 Å². The minimum Gasteiger partial charge on any atom is -0.463 e. The second kappa shape index (κ2) is 9.16. The third-order valence-electron chi connectivity index (χ3n) is 3.30. The number of ether oxygens (including phenoxy) is 3. The zero-order valence-electron chi connectivity index (χ0n) is 14.5. The van der Waals surface area contributed by atoms with Crippen LogP contribution < -0.4 is 4.74 Å². The normalized spacial score (nSPS) is 10.9. The molecule has 0 unspecified atom stereocenters. The SMILES string of the molecule is CCOC(=O)COC(=O)c1cc(-c2nn(C)c(OC(F)F)c2Cl)c(F)cc1Cl. The molecule has 0 aliphatic carbocycles. The maximum absolute atomic E-state index is 14.4. The predicted octanol–water partition coefficient (Wildman–Crippen LogP) is 3.85. The zero-order valence-corrected chi connectivity index (χ0v) is 16.0. The fourth-order valence-electron chi connectivity index (χ4n) is 2.16. The van der Waals surface area contributed by atoms with Gasteiger partial charge in [0.15, 0.2) is 6.61 Å². The van der Waals surface area contributed by atoms with E-state index < -0.39 is 41.9 Å². The first kappa shape index (κ1) is 21.8. The van der Waals surface area contributed by atoms with Crippen LogP contribution in [0.15, 0.2) is 12.1 Å². The molecule has 0 atom stereocenters. The molecule has 0 spiro atoms. The van der Waals surface area contributed by atoms with Gasteiger partial charge in [0, 0.05) is 12.6 Å². The van der Waals surface area contributed by atoms with Gasteiger partial charge in [0.1, 0.15) is 16.5 Å². The lowest BCUT2D eigenvalue weighted by Gasteiger charge is -2.09. The fourth-order valence-corrected chi connectivity index (χ4v) is 2.69. The van der Waals surface area contributed by atoms with Crippen LogP contribution in [0.5, 0.6) is 5.88 Å². The van der Waals surface area contributed by atoms with Gasteiger partial charge in [-0.15, -0.1) is 0 Å². The van der Waals surface area contributed by atoms with E-state index in [0.29, 0.717) is 0 Å². The number of halogens is 5. The number of carbonyl (C=O) groups is 2. The van der Waals surface area contributed by atoms with Gasteiger partial charge >= 0.3 is 18.6 Å². The summed E-state index contributed by atoms with van der Waals surface area (Å²) in [4.78, 5) is 23.4. The number of esters is 2. The quantitative estimate of drug-likeness (QED) is 0.608. The van der Waals surface area contributed by atoms with Gasteiger partial charge in [-0.3, -0.25) is 0 Å². The van der Waals surface area contributed by atoms with Crippen LogP contribution in [0.25, 0.3) is 11.3 Å². The highest BCUT2D eigenvalue weighted by Gasteiger charge is 2.25. The molecule has 0 bridgehead atoms. The Morgan fingerprint density at radius 1 is 1.25 bits per heavy atom. The number of alkyl halides is 2. The highest BCUT2D eigenvalue weighted by Crippen LogP contribution is 2.38. The van der Waals surface area contributed by atoms with Crippen LogP contribution in [0.4, 0.5) is 13.2 Å². The Hall–Kier alpha value is -2.46. The van der Waals surface area contributed by atoms with Crippen molar-refractivity contribution in [3.63, 3.8) is 0 Å². The van der Waals surface area contributed by atoms with Crippen LogP contribution in [0.1, 0.15) is 17.3 Å². The average Bonchev–Trinajstić information content (AvgIpc) is 2.88. The second-order valence-corrected chi connectivity index (χ2v) is 5.95. The minimum absolute atomic E-state index is 0.0963. The standard InChI is InChI=1S/C16H13Cl2F3N2O5/c1-3-26-11(24)6-27-15(25)7-4-8(10(19)5-9(7)17)13-12(18)14(23(2)22-13)28-16(20)21/h4-5,16H,3,6H2,1-2H3. The van der Waals surface area contributed by atoms with Gasteiger partial charge in [-0.1, -0.05) is 23.2 Å². The van der Waals surface area contributed by atoms with Gasteiger partial charge in [0.05, 0.1) is 17.2 Å². The lowest BCUT2D eigenvalue weighted by Crippen LogP contribution is -2.17. The largest absolute Gasteiger partial charge is 0.463 e. The Kier molecular flexibility index (Phi) is 7.14. The molecule has 7 nitrogen and oxygen atoms in total. The molecule has 12 heteroatoms. The smallest absolute Gasteiger partial charge is 0.388 e. The van der Waals surface area contributed by atoms with Crippen molar-refractivity contribution in [3.05, 3.63) is 33.6 Å². The van der Waals surface area contributed by atoms with E-state index in [1.165, 1.54) is 7.05 Å². The van der Waals surface area contributed by atoms with Crippen molar-refractivity contribution in [1.29, 1.82) is 0 Å². The highest BCUT2D eigenvalue weighted by molar-refractivity contribution is 6.35. The van der Waals surface area contributed by atoms with Crippen molar-refractivity contribution in [2.45, 2.75) is 13.5 Å². The lowest BCUT2D eigenvalue weighted by atomic mass is 10.1. The second-order valence-electron chi connectivity index (χ2n) is 5.16. The molecule has 0 saturated carbocycles. The first-order valence-corrected chi connectivity index (χ1v) is 8.40. The Labute approximate surface area is 166 Å². The Bertz CT molecular complexity index is 905. The van der Waals surface area contributed by atoms with E-state index in [-0.39, 0.29) is 28.5 Å². The summed E-state index contributed by atoms with van der Waals surface area (Å²) in [6.45, 7) is -2.18. The number of aromatic nitrogens is 2. The lowest BCUT2D eigenvalue weighted by molar-refractivity contribution is -0.146. The van der Waals surface area contributed by atoms with Gasteiger partial charge in [-0.2, -0.15) is 13.9 Å². The van der Waals surface area contributed by atoms with Gasteiger partial charge in [0.25, 0.3) is 0 Å². The molecule has 28 heavy (non-hydrogen) atoms. The number of nitrogens with zero attached hydrogens (tertiary/aromatic N) is 2. The van der Waals surface area contributed by atoms with E-state index in [0.717, 1.165) is 16.8 Å². The summed E-state index contributed by atoms with van der Waals surface area (Å²) in [5.41, 5.74) is -0.856. The molecule has 0 saturated heterocycles. The number of rotatable bonds is 7. The number of carbonyl (C=O) groups excluding carboxylic acids is 2. The molecule has 1 heterocycles. The van der Waals surface area contributed by atoms with Crippen molar-refractivity contribution in [2.24, 2.45) is 7.05 Å². The Morgan fingerprint density at radius 2 is 1.93 bits per heavy atom. The van der Waals surface area contributed by atoms with Gasteiger partial charge in [0.2, 0.25) is 5.88 Å². The van der Waals surface area contributed by atoms with Crippen LogP contribution in [0.3, 0.4) is 0 Å². The van der Waals surface area contributed by atoms with Gasteiger partial charge in [-0.05, 0) is 19.1 Å². The summed E-state index contributed by atoms with van der Waals surface area (Å²) in [7, 11) is 1.26. The van der Waals surface area contributed by atoms with Crippen molar-refractivity contribution in [1.82, 2.24) is 9.78 Å². The molecule has 0 radical (unpaired) electrons. The first-order chi connectivity index (χ1) is 13.1. The van der Waals surface area contributed by atoms with Gasteiger partial charge < -0.3 is 14.2 Å². The molecule has 0 aliphatic heterocycles. The molecule has 152 valence electrons. The van der Waals surface area contributed by atoms with E-state index in [2.05, 4.69) is 14.6 Å². The number of hydrogen-bond donors (Lipinski definition) is 0. The molecule has 1 aromatic carbocycles. The van der Waals surface area contributed by atoms with Crippen molar-refractivity contribution in [3.8, 4) is 17.1 Å². The number of aryl methyl sites for hydroxylation is 1. The maximum Gasteiger partial charge on any atom is 0.388 e. The molecular formula is C16H13Cl2F3N2O5. The topological polar surface area (TPSA) is 79.7 Å². The summed E-state index contributed by atoms with van der Waals surface area (Å²) < 4.78 is 53.9. The summed E-state index contributed by atoms with van der Waals surface area (Å²) in [5.74, 6) is -3.23. The summed E-state index contributed by atoms with van der Waals surface area (Å²) in [6.07, 6.45) is 0. The summed E-state index contributed by atoms with van der Waals surface area (Å²) in [6, 6.07) is 1.78. The van der Waals surface area contributed by atoms with Crippen LogP contribution in [0, 0.1) is 5.82 Å². The molecule has 0 fully saturated rings. The average molecular weight is 441 g/mol. The third kappa shape index (κ3) is 4.87.